The standard InChI is InChI=1S/C4H8N6.CH3O/c1-7-4-9-2(5)8-3(6)10-4;1-2/h1H3,(H5,5,6,7,8,9,10);1H3. The molecule has 1 aromatic heterocycles. The van der Waals surface area contributed by atoms with Crippen LogP contribution in [0.3, 0.4) is 0 Å². The van der Waals surface area contributed by atoms with Gasteiger partial charge in [0, 0.05) is 7.05 Å². The van der Waals surface area contributed by atoms with Gasteiger partial charge in [-0.25, -0.2) is 5.11 Å². The Hall–Kier alpha value is -1.63. The van der Waals surface area contributed by atoms with Crippen LogP contribution in [0.4, 0.5) is 17.8 Å². The predicted octanol–water partition coefficient (Wildman–Crippen LogP) is -0.876. The Balaban J connectivity index is 0.000000561. The summed E-state index contributed by atoms with van der Waals surface area (Å²) >= 11 is 0. The van der Waals surface area contributed by atoms with E-state index in [1.54, 1.807) is 7.05 Å². The van der Waals surface area contributed by atoms with E-state index in [0.717, 1.165) is 7.11 Å². The van der Waals surface area contributed by atoms with Crippen molar-refractivity contribution in [1.82, 2.24) is 15.0 Å². The molecule has 12 heavy (non-hydrogen) atoms. The molecule has 67 valence electrons. The summed E-state index contributed by atoms with van der Waals surface area (Å²) in [5, 5.41) is 10.9. The molecule has 7 heteroatoms. The molecule has 0 amide bonds. The van der Waals surface area contributed by atoms with Crippen LogP contribution >= 0.6 is 0 Å². The third kappa shape index (κ3) is 2.97. The highest BCUT2D eigenvalue weighted by atomic mass is 16.2. The lowest BCUT2D eigenvalue weighted by Gasteiger charge is -1.98. The lowest BCUT2D eigenvalue weighted by Crippen LogP contribution is -2.06. The summed E-state index contributed by atoms with van der Waals surface area (Å²) in [6.07, 6.45) is 0. The van der Waals surface area contributed by atoms with E-state index in [9.17, 15) is 0 Å². The number of rotatable bonds is 1. The summed E-state index contributed by atoms with van der Waals surface area (Å²) in [7, 11) is 2.42. The molecule has 0 bridgehead atoms. The fourth-order valence-corrected chi connectivity index (χ4v) is 0.521. The fraction of sp³-hybridized carbons (Fsp3) is 0.400. The Morgan fingerprint density at radius 2 is 1.50 bits per heavy atom. The molecule has 0 spiro atoms. The molecule has 0 fully saturated rings. The van der Waals surface area contributed by atoms with Crippen LogP contribution in [-0.2, 0) is 5.11 Å². The minimum Gasteiger partial charge on any atom is -0.368 e. The largest absolute Gasteiger partial charge is 0.368 e. The van der Waals surface area contributed by atoms with Gasteiger partial charge in [-0.1, -0.05) is 0 Å². The summed E-state index contributed by atoms with van der Waals surface area (Å²) in [6, 6.07) is 0. The van der Waals surface area contributed by atoms with E-state index in [1.165, 1.54) is 0 Å². The number of hydrogen-bond donors (Lipinski definition) is 3. The van der Waals surface area contributed by atoms with Crippen LogP contribution in [0.25, 0.3) is 0 Å². The monoisotopic (exact) mass is 171 g/mol. The molecule has 1 aromatic rings. The van der Waals surface area contributed by atoms with Crippen molar-refractivity contribution in [3.63, 3.8) is 0 Å². The Bertz CT molecular complexity index is 219. The van der Waals surface area contributed by atoms with Gasteiger partial charge in [-0.15, -0.1) is 0 Å². The summed E-state index contributed by atoms with van der Waals surface area (Å²) < 4.78 is 0. The van der Waals surface area contributed by atoms with Crippen molar-refractivity contribution >= 4 is 17.8 Å². The summed E-state index contributed by atoms with van der Waals surface area (Å²) in [5.41, 5.74) is 10.5. The van der Waals surface area contributed by atoms with Gasteiger partial charge in [0.25, 0.3) is 0 Å². The second-order valence-corrected chi connectivity index (χ2v) is 1.63. The molecule has 0 saturated heterocycles. The molecule has 0 aliphatic rings. The van der Waals surface area contributed by atoms with E-state index < -0.39 is 0 Å². The van der Waals surface area contributed by atoms with Crippen molar-refractivity contribution in [3.8, 4) is 0 Å². The average Bonchev–Trinajstić information content (AvgIpc) is 2.06. The van der Waals surface area contributed by atoms with Crippen LogP contribution in [0, 0.1) is 0 Å². The van der Waals surface area contributed by atoms with Crippen molar-refractivity contribution in [1.29, 1.82) is 0 Å². The number of nitrogens with two attached hydrogens (primary N) is 2. The predicted molar refractivity (Wildman–Crippen MR) is 44.8 cm³/mol. The second kappa shape index (κ2) is 5.08. The normalized spacial score (nSPS) is 8.25. The third-order valence-corrected chi connectivity index (χ3v) is 0.894. The Labute approximate surface area is 69.8 Å². The van der Waals surface area contributed by atoms with Gasteiger partial charge in [0.1, 0.15) is 0 Å². The quantitative estimate of drug-likeness (QED) is 0.504. The van der Waals surface area contributed by atoms with Gasteiger partial charge in [0.05, 0.1) is 7.11 Å². The van der Waals surface area contributed by atoms with Crippen LogP contribution in [0.2, 0.25) is 0 Å². The molecule has 7 nitrogen and oxygen atoms in total. The summed E-state index contributed by atoms with van der Waals surface area (Å²) in [4.78, 5) is 11.0. The van der Waals surface area contributed by atoms with Crippen LogP contribution in [0.1, 0.15) is 0 Å². The number of nitrogens with zero attached hydrogens (tertiary/aromatic N) is 3. The summed E-state index contributed by atoms with van der Waals surface area (Å²) in [6.45, 7) is 0. The first kappa shape index (κ1) is 10.4. The molecule has 0 aromatic carbocycles. The Kier molecular flexibility index (Phi) is 4.39. The van der Waals surface area contributed by atoms with Gasteiger partial charge in [-0.05, 0) is 0 Å². The van der Waals surface area contributed by atoms with Crippen molar-refractivity contribution in [3.05, 3.63) is 0 Å². The van der Waals surface area contributed by atoms with Crippen LogP contribution in [0.5, 0.6) is 0 Å². The maximum Gasteiger partial charge on any atom is 0.229 e. The summed E-state index contributed by atoms with van der Waals surface area (Å²) in [5.74, 6) is 0.624. The van der Waals surface area contributed by atoms with Crippen molar-refractivity contribution in [2.45, 2.75) is 0 Å². The molecule has 0 saturated carbocycles. The number of nitrogen functional groups attached to an aromatic ring is 2. The minimum atomic E-state index is 0.122. The lowest BCUT2D eigenvalue weighted by molar-refractivity contribution is 0.282. The maximum absolute atomic E-state index is 8.25. The van der Waals surface area contributed by atoms with E-state index in [0.29, 0.717) is 5.95 Å². The van der Waals surface area contributed by atoms with Gasteiger partial charge >= 0.3 is 0 Å². The molecule has 5 N–H and O–H groups in total. The van der Waals surface area contributed by atoms with Gasteiger partial charge < -0.3 is 16.8 Å². The Morgan fingerprint density at radius 1 is 1.08 bits per heavy atom. The molecule has 0 atom stereocenters. The smallest absolute Gasteiger partial charge is 0.229 e. The molecular weight excluding hydrogens is 160 g/mol. The first-order valence-electron chi connectivity index (χ1n) is 3.08. The van der Waals surface area contributed by atoms with Crippen LogP contribution in [0.15, 0.2) is 0 Å². The molecule has 0 aliphatic carbocycles. The molecule has 1 heterocycles. The third-order valence-electron chi connectivity index (χ3n) is 0.894. The van der Waals surface area contributed by atoms with Gasteiger partial charge in [0.15, 0.2) is 0 Å². The number of hydrogen-bond acceptors (Lipinski definition) is 6. The van der Waals surface area contributed by atoms with Crippen molar-refractivity contribution in [2.75, 3.05) is 30.9 Å². The highest BCUT2D eigenvalue weighted by Gasteiger charge is 1.96. The number of nitrogens with one attached hydrogen (secondary N) is 1. The number of anilines is 3. The minimum absolute atomic E-state index is 0.122. The highest BCUT2D eigenvalue weighted by molar-refractivity contribution is 5.36. The van der Waals surface area contributed by atoms with Gasteiger partial charge in [-0.2, -0.15) is 15.0 Å². The van der Waals surface area contributed by atoms with Crippen molar-refractivity contribution in [2.24, 2.45) is 0 Å². The molecule has 0 unspecified atom stereocenters. The first-order chi connectivity index (χ1) is 5.72. The van der Waals surface area contributed by atoms with E-state index in [2.05, 4.69) is 20.3 Å². The van der Waals surface area contributed by atoms with E-state index in [4.69, 9.17) is 16.6 Å². The van der Waals surface area contributed by atoms with Crippen LogP contribution < -0.4 is 16.8 Å². The van der Waals surface area contributed by atoms with Gasteiger partial charge in [0.2, 0.25) is 17.8 Å². The lowest BCUT2D eigenvalue weighted by atomic mass is 10.8. The highest BCUT2D eigenvalue weighted by Crippen LogP contribution is 2.00. The van der Waals surface area contributed by atoms with E-state index >= 15 is 0 Å². The zero-order chi connectivity index (χ0) is 9.56. The molecule has 1 radical (unpaired) electrons. The molecule has 0 aliphatic heterocycles. The zero-order valence-corrected chi connectivity index (χ0v) is 6.90. The zero-order valence-electron chi connectivity index (χ0n) is 6.90. The second-order valence-electron chi connectivity index (χ2n) is 1.63. The van der Waals surface area contributed by atoms with Crippen molar-refractivity contribution < 1.29 is 5.11 Å². The topological polar surface area (TPSA) is 123 Å². The van der Waals surface area contributed by atoms with E-state index in [1.807, 2.05) is 0 Å². The van der Waals surface area contributed by atoms with Crippen LogP contribution in [-0.4, -0.2) is 29.1 Å². The SMILES string of the molecule is CNc1nc(N)nc(N)n1.C[O]. The van der Waals surface area contributed by atoms with E-state index in [-0.39, 0.29) is 11.9 Å². The fourth-order valence-electron chi connectivity index (χ4n) is 0.521. The molecule has 1 rings (SSSR count). The van der Waals surface area contributed by atoms with Gasteiger partial charge in [-0.3, -0.25) is 0 Å². The maximum atomic E-state index is 8.25. The first-order valence-corrected chi connectivity index (χ1v) is 3.08. The Morgan fingerprint density at radius 3 is 1.83 bits per heavy atom. The number of aromatic nitrogens is 3. The average molecular weight is 171 g/mol. The molecular formula is C5H11N6O.